The van der Waals surface area contributed by atoms with Crippen molar-refractivity contribution >= 4 is 34.3 Å². The largest absolute Gasteiger partial charge is 0.100 e. The maximum Gasteiger partial charge on any atom is 0 e. The van der Waals surface area contributed by atoms with Gasteiger partial charge >= 0.3 is 33.0 Å². The van der Waals surface area contributed by atoms with E-state index in [2.05, 4.69) is 101 Å². The van der Waals surface area contributed by atoms with Crippen LogP contribution in [0.5, 0.6) is 0 Å². The molecule has 0 saturated heterocycles. The van der Waals surface area contributed by atoms with E-state index in [0.717, 1.165) is 5.57 Å². The van der Waals surface area contributed by atoms with Gasteiger partial charge in [-0.25, -0.2) is 0 Å². The summed E-state index contributed by atoms with van der Waals surface area (Å²) >= 11 is 0. The topological polar surface area (TPSA) is 0 Å². The number of allylic oxidation sites excluding steroid dienone is 1. The van der Waals surface area contributed by atoms with E-state index in [1.807, 2.05) is 6.92 Å². The van der Waals surface area contributed by atoms with Gasteiger partial charge in [0.1, 0.15) is 0 Å². The minimum absolute atomic E-state index is 0. The van der Waals surface area contributed by atoms with Crippen LogP contribution >= 0.6 is 23.7 Å². The first-order valence-electron chi connectivity index (χ1n) is 8.28. The first kappa shape index (κ1) is 34.4. The summed E-state index contributed by atoms with van der Waals surface area (Å²) in [4.78, 5) is 0. The van der Waals surface area contributed by atoms with E-state index < -0.39 is 7.81 Å². The van der Waals surface area contributed by atoms with Crippen LogP contribution in [0.25, 0.3) is 0 Å². The summed E-state index contributed by atoms with van der Waals surface area (Å²) < 4.78 is 59.2. The van der Waals surface area contributed by atoms with Gasteiger partial charge in [0.2, 0.25) is 0 Å². The van der Waals surface area contributed by atoms with E-state index in [9.17, 15) is 25.2 Å². The molecule has 0 aliphatic carbocycles. The summed E-state index contributed by atoms with van der Waals surface area (Å²) in [6.07, 6.45) is 0. The molecular weight excluding hydrogens is 642 g/mol. The Hall–Kier alpha value is -0.262. The van der Waals surface area contributed by atoms with Gasteiger partial charge in [-0.1, -0.05) is 82.1 Å². The van der Waals surface area contributed by atoms with Crippen molar-refractivity contribution in [2.75, 3.05) is 26.7 Å². The fourth-order valence-corrected chi connectivity index (χ4v) is 2.99. The zero-order chi connectivity index (χ0) is 23.4. The minimum Gasteiger partial charge on any atom is -0.100 e. The molecule has 30 heavy (non-hydrogen) atoms. The van der Waals surface area contributed by atoms with Crippen LogP contribution in [-0.2, 0) is 21.1 Å². The molecule has 0 amide bonds. The van der Waals surface area contributed by atoms with Crippen LogP contribution in [0.1, 0.15) is 6.92 Å². The van der Waals surface area contributed by atoms with Gasteiger partial charge in [-0.05, 0) is 51.1 Å². The molecule has 0 unspecified atom stereocenters. The van der Waals surface area contributed by atoms with Gasteiger partial charge in [0.25, 0.3) is 0 Å². The Morgan fingerprint density at radius 1 is 0.667 bits per heavy atom. The first-order chi connectivity index (χ1) is 12.8. The fraction of sp³-hybridized carbons (Fsp3) is 0.250. The summed E-state index contributed by atoms with van der Waals surface area (Å²) in [5, 5.41) is 2.96. The van der Waals surface area contributed by atoms with Crippen molar-refractivity contribution in [3.63, 3.8) is 0 Å². The molecule has 0 nitrogen and oxygen atoms in total. The Morgan fingerprint density at radius 3 is 0.933 bits per heavy atom. The second kappa shape index (κ2) is 14.0. The van der Waals surface area contributed by atoms with Gasteiger partial charge in [-0.3, -0.25) is 0 Å². The molecule has 2 aromatic carbocycles. The standard InChI is InChI=1S/2C8H11P.C4H7.F6P.Pt/c2*1-9(2)8-6-4-3-5-7-8;1-4(2)3;1-7(2,3,4,5)6;/h2*3-7H,1-2H3;1-2H2,3H3;;/q;;;-1;. The second-order valence-corrected chi connectivity index (χ2v) is 12.9. The van der Waals surface area contributed by atoms with Crippen LogP contribution in [-0.4, -0.2) is 26.7 Å². The quantitative estimate of drug-likeness (QED) is 0.221. The van der Waals surface area contributed by atoms with E-state index in [0.29, 0.717) is 0 Å². The average Bonchev–Trinajstić information content (AvgIpc) is 2.53. The van der Waals surface area contributed by atoms with E-state index in [1.54, 1.807) is 0 Å². The zero-order valence-corrected chi connectivity index (χ0v) is 22.6. The van der Waals surface area contributed by atoms with Crippen molar-refractivity contribution in [1.82, 2.24) is 0 Å². The van der Waals surface area contributed by atoms with Crippen molar-refractivity contribution in [2.45, 2.75) is 6.92 Å². The second-order valence-electron chi connectivity index (χ2n) is 6.38. The third kappa shape index (κ3) is 35.2. The summed E-state index contributed by atoms with van der Waals surface area (Å²) in [7, 11) is -10.4. The molecule has 1 radical (unpaired) electrons. The predicted molar refractivity (Wildman–Crippen MR) is 123 cm³/mol. The fourth-order valence-electron chi connectivity index (χ4n) is 1.45. The van der Waals surface area contributed by atoms with Crippen LogP contribution in [0.15, 0.2) is 72.8 Å². The van der Waals surface area contributed by atoms with Crippen molar-refractivity contribution in [2.24, 2.45) is 0 Å². The molecule has 2 aromatic rings. The normalized spacial score (nSPS) is 12.3. The molecule has 0 heterocycles. The Morgan fingerprint density at radius 2 is 0.833 bits per heavy atom. The number of rotatable bonds is 2. The van der Waals surface area contributed by atoms with E-state index >= 15 is 0 Å². The Bertz CT molecular complexity index is 645. The predicted octanol–water partition coefficient (Wildman–Crippen LogP) is 8.88. The Labute approximate surface area is 193 Å². The summed E-state index contributed by atoms with van der Waals surface area (Å²) in [5.74, 6) is 0. The average molecular weight is 671 g/mol. The molecular formula is C20H29F6P3Pt-. The molecule has 0 saturated carbocycles. The van der Waals surface area contributed by atoms with Crippen LogP contribution in [0.4, 0.5) is 25.2 Å². The number of hydrogen-bond acceptors (Lipinski definition) is 0. The summed E-state index contributed by atoms with van der Waals surface area (Å²) in [6, 6.07) is 21.2. The molecule has 0 aromatic heterocycles. The molecule has 0 spiro atoms. The molecule has 0 aliphatic rings. The van der Waals surface area contributed by atoms with Gasteiger partial charge in [0.15, 0.2) is 0 Å². The van der Waals surface area contributed by atoms with Crippen molar-refractivity contribution in [3.05, 3.63) is 79.7 Å². The summed E-state index contributed by atoms with van der Waals surface area (Å²) in [5.41, 5.74) is 0.917. The summed E-state index contributed by atoms with van der Waals surface area (Å²) in [6.45, 7) is 17.8. The van der Waals surface area contributed by atoms with Crippen molar-refractivity contribution in [3.8, 4) is 0 Å². The van der Waals surface area contributed by atoms with E-state index in [-0.39, 0.29) is 36.9 Å². The van der Waals surface area contributed by atoms with Gasteiger partial charge in [0, 0.05) is 21.1 Å². The molecule has 10 heteroatoms. The van der Waals surface area contributed by atoms with Crippen molar-refractivity contribution < 1.29 is 46.2 Å². The molecule has 0 bridgehead atoms. The molecule has 177 valence electrons. The van der Waals surface area contributed by atoms with Gasteiger partial charge < -0.3 is 0 Å². The Balaban J connectivity index is -0.000000333. The molecule has 2 rings (SSSR count). The number of benzene rings is 2. The smallest absolute Gasteiger partial charge is 0 e. The van der Waals surface area contributed by atoms with Gasteiger partial charge in [0.05, 0.1) is 0 Å². The van der Waals surface area contributed by atoms with E-state index in [4.69, 9.17) is 0 Å². The molecule has 0 fully saturated rings. The van der Waals surface area contributed by atoms with Crippen LogP contribution in [0.3, 0.4) is 0 Å². The third-order valence-electron chi connectivity index (χ3n) is 2.55. The maximum absolute atomic E-state index is 10.7. The molecule has 0 atom stereocenters. The third-order valence-corrected chi connectivity index (χ3v) is 5.21. The first-order valence-corrected chi connectivity index (χ1v) is 14.8. The van der Waals surface area contributed by atoms with E-state index in [1.165, 1.54) is 10.6 Å². The maximum atomic E-state index is 9.87. The Kier molecular flexibility index (Phi) is 16.0. The molecule has 0 N–H and O–H groups in total. The number of hydrogen-bond donors (Lipinski definition) is 0. The monoisotopic (exact) mass is 671 g/mol. The zero-order valence-electron chi connectivity index (χ0n) is 17.6. The minimum atomic E-state index is -10.7. The van der Waals surface area contributed by atoms with Crippen LogP contribution in [0, 0.1) is 6.92 Å². The van der Waals surface area contributed by atoms with Crippen molar-refractivity contribution in [1.29, 1.82) is 0 Å². The van der Waals surface area contributed by atoms with Gasteiger partial charge in [-0.15, -0.1) is 6.58 Å². The SMILES string of the molecule is CP(C)c1ccccc1.CP(C)c1ccccc1.F[P-](F)(F)(F)(F)F.[CH2]C(=C)C.[Pt]. The number of halogens is 6. The molecule has 0 aliphatic heterocycles. The van der Waals surface area contributed by atoms with Gasteiger partial charge in [-0.2, -0.15) is 0 Å². The van der Waals surface area contributed by atoms with Crippen LogP contribution in [0.2, 0.25) is 0 Å². The van der Waals surface area contributed by atoms with Crippen LogP contribution < -0.4 is 10.6 Å².